The first kappa shape index (κ1) is 13.1. The molecule has 106 valence electrons. The van der Waals surface area contributed by atoms with E-state index in [-0.39, 0.29) is 11.7 Å². The molecule has 0 saturated carbocycles. The van der Waals surface area contributed by atoms with Gasteiger partial charge in [-0.3, -0.25) is 10.1 Å². The number of nitrogens with one attached hydrogen (secondary N) is 1. The van der Waals surface area contributed by atoms with E-state index in [1.54, 1.807) is 6.07 Å². The zero-order valence-corrected chi connectivity index (χ0v) is 11.3. The standard InChI is InChI=1S/C15H13N3O3/c1-10(14-8-11-4-2-3-5-13(11)21-14)17-15-7-6-12(9-16-15)18(19)20/h2-10H,1H3,(H,16,17)/t10-/m1/s1. The van der Waals surface area contributed by atoms with Gasteiger partial charge in [0.2, 0.25) is 0 Å². The Morgan fingerprint density at radius 2 is 2.10 bits per heavy atom. The van der Waals surface area contributed by atoms with Crippen LogP contribution in [0, 0.1) is 10.1 Å². The Labute approximate surface area is 120 Å². The van der Waals surface area contributed by atoms with Crippen molar-refractivity contribution < 1.29 is 9.34 Å². The molecular weight excluding hydrogens is 270 g/mol. The summed E-state index contributed by atoms with van der Waals surface area (Å²) in [5.41, 5.74) is 0.801. The lowest BCUT2D eigenvalue weighted by molar-refractivity contribution is -0.385. The Hall–Kier alpha value is -2.89. The largest absolute Gasteiger partial charge is 0.459 e. The van der Waals surface area contributed by atoms with Crippen LogP contribution in [0.4, 0.5) is 11.5 Å². The summed E-state index contributed by atoms with van der Waals surface area (Å²) in [5.74, 6) is 1.35. The minimum atomic E-state index is -0.473. The van der Waals surface area contributed by atoms with Crippen molar-refractivity contribution in [3.05, 3.63) is 64.5 Å². The van der Waals surface area contributed by atoms with E-state index in [0.29, 0.717) is 5.82 Å². The van der Waals surface area contributed by atoms with Gasteiger partial charge in [-0.05, 0) is 25.1 Å². The average Bonchev–Trinajstić information content (AvgIpc) is 2.92. The first-order valence-corrected chi connectivity index (χ1v) is 6.49. The molecule has 6 heteroatoms. The maximum Gasteiger partial charge on any atom is 0.287 e. The second kappa shape index (κ2) is 5.24. The summed E-state index contributed by atoms with van der Waals surface area (Å²) in [4.78, 5) is 14.1. The molecule has 0 spiro atoms. The predicted octanol–water partition coefficient (Wildman–Crippen LogP) is 3.91. The number of furan rings is 1. The van der Waals surface area contributed by atoms with E-state index in [2.05, 4.69) is 10.3 Å². The fourth-order valence-corrected chi connectivity index (χ4v) is 2.09. The molecule has 0 fully saturated rings. The third-order valence-corrected chi connectivity index (χ3v) is 3.19. The van der Waals surface area contributed by atoms with Gasteiger partial charge in [0, 0.05) is 11.5 Å². The van der Waals surface area contributed by atoms with Crippen molar-refractivity contribution in [3.63, 3.8) is 0 Å². The number of nitro groups is 1. The van der Waals surface area contributed by atoms with Gasteiger partial charge in [-0.15, -0.1) is 0 Å². The van der Waals surface area contributed by atoms with Crippen molar-refractivity contribution in [2.75, 3.05) is 5.32 Å². The van der Waals surface area contributed by atoms with Crippen LogP contribution < -0.4 is 5.32 Å². The zero-order chi connectivity index (χ0) is 14.8. The lowest BCUT2D eigenvalue weighted by Crippen LogP contribution is -2.06. The number of para-hydroxylation sites is 1. The first-order chi connectivity index (χ1) is 10.1. The number of hydrogen-bond donors (Lipinski definition) is 1. The Bertz CT molecular complexity index is 747. The molecule has 0 bridgehead atoms. The quantitative estimate of drug-likeness (QED) is 0.580. The number of anilines is 1. The summed E-state index contributed by atoms with van der Waals surface area (Å²) in [6.45, 7) is 1.95. The second-order valence-electron chi connectivity index (χ2n) is 4.71. The fourth-order valence-electron chi connectivity index (χ4n) is 2.09. The van der Waals surface area contributed by atoms with Crippen molar-refractivity contribution >= 4 is 22.5 Å². The number of hydrogen-bond acceptors (Lipinski definition) is 5. The van der Waals surface area contributed by atoms with Crippen molar-refractivity contribution in [2.45, 2.75) is 13.0 Å². The summed E-state index contributed by atoms with van der Waals surface area (Å²) in [6.07, 6.45) is 1.23. The molecule has 1 aromatic carbocycles. The van der Waals surface area contributed by atoms with E-state index in [0.717, 1.165) is 16.7 Å². The zero-order valence-electron chi connectivity index (χ0n) is 11.3. The molecule has 0 aliphatic carbocycles. The lowest BCUT2D eigenvalue weighted by Gasteiger charge is -2.11. The molecule has 1 atom stereocenters. The summed E-state index contributed by atoms with van der Waals surface area (Å²) >= 11 is 0. The molecule has 0 unspecified atom stereocenters. The van der Waals surface area contributed by atoms with Gasteiger partial charge in [0.15, 0.2) is 0 Å². The van der Waals surface area contributed by atoms with Gasteiger partial charge in [0.1, 0.15) is 23.4 Å². The maximum atomic E-state index is 10.6. The second-order valence-corrected chi connectivity index (χ2v) is 4.71. The minimum absolute atomic E-state index is 0.0306. The predicted molar refractivity (Wildman–Crippen MR) is 79.1 cm³/mol. The molecule has 3 aromatic rings. The number of pyridine rings is 1. The molecule has 0 amide bonds. The van der Waals surface area contributed by atoms with Gasteiger partial charge >= 0.3 is 0 Å². The van der Waals surface area contributed by atoms with Gasteiger partial charge in [0.05, 0.1) is 11.0 Å². The molecule has 21 heavy (non-hydrogen) atoms. The van der Waals surface area contributed by atoms with E-state index >= 15 is 0 Å². The van der Waals surface area contributed by atoms with Crippen LogP contribution in [-0.4, -0.2) is 9.91 Å². The molecule has 0 saturated heterocycles. The highest BCUT2D eigenvalue weighted by Crippen LogP contribution is 2.25. The van der Waals surface area contributed by atoms with Crippen LogP contribution in [0.2, 0.25) is 0 Å². The van der Waals surface area contributed by atoms with Gasteiger partial charge < -0.3 is 9.73 Å². The van der Waals surface area contributed by atoms with Crippen LogP contribution in [0.25, 0.3) is 11.0 Å². The van der Waals surface area contributed by atoms with Gasteiger partial charge in [0.25, 0.3) is 5.69 Å². The molecule has 0 radical (unpaired) electrons. The summed E-state index contributed by atoms with van der Waals surface area (Å²) in [7, 11) is 0. The summed E-state index contributed by atoms with van der Waals surface area (Å²) in [5, 5.41) is 14.8. The van der Waals surface area contributed by atoms with Crippen molar-refractivity contribution in [3.8, 4) is 0 Å². The topological polar surface area (TPSA) is 81.2 Å². The normalized spacial score (nSPS) is 12.2. The highest BCUT2D eigenvalue weighted by Gasteiger charge is 2.12. The van der Waals surface area contributed by atoms with Crippen molar-refractivity contribution in [1.29, 1.82) is 0 Å². The molecule has 2 heterocycles. The first-order valence-electron chi connectivity index (χ1n) is 6.49. The van der Waals surface area contributed by atoms with E-state index in [4.69, 9.17) is 4.42 Å². The minimum Gasteiger partial charge on any atom is -0.459 e. The molecular formula is C15H13N3O3. The third kappa shape index (κ3) is 2.69. The number of benzene rings is 1. The Balaban J connectivity index is 1.78. The molecule has 2 aromatic heterocycles. The van der Waals surface area contributed by atoms with E-state index in [1.807, 2.05) is 37.3 Å². The van der Waals surface area contributed by atoms with E-state index in [9.17, 15) is 10.1 Å². The summed E-state index contributed by atoms with van der Waals surface area (Å²) in [6, 6.07) is 12.7. The van der Waals surface area contributed by atoms with Crippen LogP contribution in [0.3, 0.4) is 0 Å². The number of nitrogens with zero attached hydrogens (tertiary/aromatic N) is 2. The molecule has 1 N–H and O–H groups in total. The monoisotopic (exact) mass is 283 g/mol. The maximum absolute atomic E-state index is 10.6. The Morgan fingerprint density at radius 1 is 1.29 bits per heavy atom. The van der Waals surface area contributed by atoms with Crippen LogP contribution in [0.5, 0.6) is 0 Å². The molecule has 0 aliphatic heterocycles. The van der Waals surface area contributed by atoms with Crippen LogP contribution >= 0.6 is 0 Å². The Morgan fingerprint density at radius 3 is 2.76 bits per heavy atom. The van der Waals surface area contributed by atoms with Crippen LogP contribution in [0.1, 0.15) is 18.7 Å². The fraction of sp³-hybridized carbons (Fsp3) is 0.133. The lowest BCUT2D eigenvalue weighted by atomic mass is 10.2. The molecule has 0 aliphatic rings. The number of rotatable bonds is 4. The van der Waals surface area contributed by atoms with Crippen molar-refractivity contribution in [2.24, 2.45) is 0 Å². The van der Waals surface area contributed by atoms with Crippen molar-refractivity contribution in [1.82, 2.24) is 4.98 Å². The van der Waals surface area contributed by atoms with Crippen LogP contribution in [-0.2, 0) is 0 Å². The highest BCUT2D eigenvalue weighted by atomic mass is 16.6. The smallest absolute Gasteiger partial charge is 0.287 e. The van der Waals surface area contributed by atoms with E-state index < -0.39 is 4.92 Å². The average molecular weight is 283 g/mol. The molecule has 6 nitrogen and oxygen atoms in total. The third-order valence-electron chi connectivity index (χ3n) is 3.19. The Kier molecular flexibility index (Phi) is 3.27. The molecule has 3 rings (SSSR count). The van der Waals surface area contributed by atoms with Gasteiger partial charge in [-0.2, -0.15) is 0 Å². The van der Waals surface area contributed by atoms with Crippen LogP contribution in [0.15, 0.2) is 53.1 Å². The van der Waals surface area contributed by atoms with E-state index in [1.165, 1.54) is 12.3 Å². The van der Waals surface area contributed by atoms with Gasteiger partial charge in [-0.1, -0.05) is 18.2 Å². The van der Waals surface area contributed by atoms with Gasteiger partial charge in [-0.25, -0.2) is 4.98 Å². The SMILES string of the molecule is C[C@@H](Nc1ccc([N+](=O)[O-])cn1)c1cc2ccccc2o1. The highest BCUT2D eigenvalue weighted by molar-refractivity contribution is 5.77. The number of aromatic nitrogens is 1. The number of fused-ring (bicyclic) bond motifs is 1. The summed E-state index contributed by atoms with van der Waals surface area (Å²) < 4.78 is 5.77.